The molecule has 0 aliphatic rings. The number of carbonyl (C=O) groups excluding carboxylic acids is 1. The lowest BCUT2D eigenvalue weighted by atomic mass is 10.1. The zero-order valence-corrected chi connectivity index (χ0v) is 20.0. The molecule has 1 N–H and O–H groups in total. The highest BCUT2D eigenvalue weighted by Gasteiger charge is 2.18. The van der Waals surface area contributed by atoms with Gasteiger partial charge in [0, 0.05) is 11.3 Å². The molecular formula is C27H24N4O3S. The number of benzene rings is 2. The molecule has 0 aliphatic carbocycles. The van der Waals surface area contributed by atoms with Gasteiger partial charge in [-0.15, -0.1) is 10.2 Å². The molecule has 0 bridgehead atoms. The first kappa shape index (κ1) is 22.7. The zero-order chi connectivity index (χ0) is 24.0. The van der Waals surface area contributed by atoms with Crippen molar-refractivity contribution in [2.75, 3.05) is 0 Å². The number of aromatic nitrogens is 3. The minimum absolute atomic E-state index is 0.141. The third kappa shape index (κ3) is 5.38. The maximum atomic E-state index is 12.6. The van der Waals surface area contributed by atoms with Gasteiger partial charge >= 0.3 is 0 Å². The fourth-order valence-electron chi connectivity index (χ4n) is 3.75. The normalized spacial score (nSPS) is 11.0. The molecule has 0 aliphatic heterocycles. The Kier molecular flexibility index (Phi) is 6.81. The van der Waals surface area contributed by atoms with Crippen LogP contribution in [0.1, 0.15) is 33.0 Å². The van der Waals surface area contributed by atoms with Crippen molar-refractivity contribution in [3.05, 3.63) is 114 Å². The molecule has 5 aromatic rings. The second-order valence-electron chi connectivity index (χ2n) is 8.02. The standard InChI is InChI=1S/C27H24N4O3S/c1-19-24(12-14-33-19)25-29-30-27(31(25)17-20-7-3-2-4-8-20)35-18-21-9-5-10-22(15-21)26(32)28-16-23-11-6-13-34-23/h2-15H,16-18H2,1H3,(H,28,32). The molecule has 3 aromatic heterocycles. The van der Waals surface area contributed by atoms with Crippen LogP contribution >= 0.6 is 11.8 Å². The fraction of sp³-hybridized carbons (Fsp3) is 0.148. The molecule has 176 valence electrons. The van der Waals surface area contributed by atoms with Crippen LogP contribution in [0.15, 0.2) is 99.3 Å². The number of carbonyl (C=O) groups is 1. The van der Waals surface area contributed by atoms with Crippen LogP contribution in [-0.2, 0) is 18.8 Å². The highest BCUT2D eigenvalue weighted by atomic mass is 32.2. The van der Waals surface area contributed by atoms with Gasteiger partial charge in [-0.25, -0.2) is 0 Å². The molecule has 35 heavy (non-hydrogen) atoms. The largest absolute Gasteiger partial charge is 0.469 e. The van der Waals surface area contributed by atoms with Gasteiger partial charge < -0.3 is 14.2 Å². The van der Waals surface area contributed by atoms with E-state index in [1.54, 1.807) is 30.4 Å². The first-order chi connectivity index (χ1) is 17.2. The number of nitrogens with zero attached hydrogens (tertiary/aromatic N) is 3. The van der Waals surface area contributed by atoms with Gasteiger partial charge in [-0.1, -0.05) is 54.2 Å². The fourth-order valence-corrected chi connectivity index (χ4v) is 4.63. The summed E-state index contributed by atoms with van der Waals surface area (Å²) in [5.41, 5.74) is 3.72. The van der Waals surface area contributed by atoms with Crippen molar-refractivity contribution in [3.63, 3.8) is 0 Å². The average Bonchev–Trinajstić information content (AvgIpc) is 3.64. The third-order valence-electron chi connectivity index (χ3n) is 5.56. The van der Waals surface area contributed by atoms with Crippen LogP contribution in [0.2, 0.25) is 0 Å². The molecule has 0 spiro atoms. The summed E-state index contributed by atoms with van der Waals surface area (Å²) >= 11 is 1.59. The molecule has 0 saturated heterocycles. The van der Waals surface area contributed by atoms with E-state index < -0.39 is 0 Å². The van der Waals surface area contributed by atoms with E-state index in [9.17, 15) is 4.79 Å². The molecule has 0 radical (unpaired) electrons. The summed E-state index contributed by atoms with van der Waals surface area (Å²) in [4.78, 5) is 12.6. The van der Waals surface area contributed by atoms with Crippen molar-refractivity contribution >= 4 is 17.7 Å². The van der Waals surface area contributed by atoms with E-state index in [1.807, 2.05) is 61.5 Å². The highest BCUT2D eigenvalue weighted by molar-refractivity contribution is 7.98. The number of hydrogen-bond donors (Lipinski definition) is 1. The second-order valence-corrected chi connectivity index (χ2v) is 8.96. The summed E-state index contributed by atoms with van der Waals surface area (Å²) in [6.07, 6.45) is 3.26. The van der Waals surface area contributed by atoms with E-state index in [-0.39, 0.29) is 5.91 Å². The molecule has 0 saturated carbocycles. The first-order valence-electron chi connectivity index (χ1n) is 11.2. The zero-order valence-electron chi connectivity index (χ0n) is 19.2. The summed E-state index contributed by atoms with van der Waals surface area (Å²) in [6.45, 7) is 2.92. The number of furan rings is 2. The summed E-state index contributed by atoms with van der Waals surface area (Å²) in [7, 11) is 0. The highest BCUT2D eigenvalue weighted by Crippen LogP contribution is 2.29. The minimum Gasteiger partial charge on any atom is -0.469 e. The quantitative estimate of drug-likeness (QED) is 0.270. The molecule has 3 heterocycles. The van der Waals surface area contributed by atoms with Crippen LogP contribution in [0.4, 0.5) is 0 Å². The second kappa shape index (κ2) is 10.5. The molecule has 0 fully saturated rings. The molecule has 0 unspecified atom stereocenters. The lowest BCUT2D eigenvalue weighted by molar-refractivity contribution is 0.0948. The van der Waals surface area contributed by atoms with Gasteiger partial charge in [0.25, 0.3) is 5.91 Å². The Morgan fingerprint density at radius 3 is 2.57 bits per heavy atom. The maximum absolute atomic E-state index is 12.6. The summed E-state index contributed by atoms with van der Waals surface area (Å²) in [5.74, 6) is 2.80. The minimum atomic E-state index is -0.141. The monoisotopic (exact) mass is 484 g/mol. The number of thioether (sulfide) groups is 1. The SMILES string of the molecule is Cc1occc1-c1nnc(SCc2cccc(C(=O)NCc3ccco3)c2)n1Cc1ccccc1. The number of rotatable bonds is 9. The first-order valence-corrected chi connectivity index (χ1v) is 12.2. The van der Waals surface area contributed by atoms with Gasteiger partial charge in [-0.3, -0.25) is 9.36 Å². The number of amides is 1. The van der Waals surface area contributed by atoms with Crippen LogP contribution in [0.3, 0.4) is 0 Å². The summed E-state index contributed by atoms with van der Waals surface area (Å²) in [5, 5.41) is 12.7. The Hall–Kier alpha value is -4.04. The van der Waals surface area contributed by atoms with Crippen molar-refractivity contribution in [1.29, 1.82) is 0 Å². The van der Waals surface area contributed by atoms with Crippen LogP contribution in [-0.4, -0.2) is 20.7 Å². The van der Waals surface area contributed by atoms with Gasteiger partial charge in [0.15, 0.2) is 11.0 Å². The molecule has 0 atom stereocenters. The Labute approximate surface area is 207 Å². The van der Waals surface area contributed by atoms with E-state index in [0.717, 1.165) is 33.4 Å². The van der Waals surface area contributed by atoms with Gasteiger partial charge in [-0.05, 0) is 48.4 Å². The van der Waals surface area contributed by atoms with E-state index >= 15 is 0 Å². The maximum Gasteiger partial charge on any atom is 0.251 e. The Balaban J connectivity index is 1.33. The Bertz CT molecular complexity index is 1410. The molecular weight excluding hydrogens is 460 g/mol. The number of hydrogen-bond acceptors (Lipinski definition) is 6. The molecule has 8 heteroatoms. The van der Waals surface area contributed by atoms with Crippen molar-refractivity contribution in [1.82, 2.24) is 20.1 Å². The molecule has 7 nitrogen and oxygen atoms in total. The van der Waals surface area contributed by atoms with Crippen LogP contribution in [0.5, 0.6) is 0 Å². The summed E-state index contributed by atoms with van der Waals surface area (Å²) < 4.78 is 12.9. The van der Waals surface area contributed by atoms with E-state index in [0.29, 0.717) is 30.2 Å². The van der Waals surface area contributed by atoms with Gasteiger partial charge in [0.05, 0.1) is 31.2 Å². The lowest BCUT2D eigenvalue weighted by Crippen LogP contribution is -2.22. The van der Waals surface area contributed by atoms with Crippen molar-refractivity contribution in [2.45, 2.75) is 30.9 Å². The Morgan fingerprint density at radius 2 is 1.80 bits per heavy atom. The van der Waals surface area contributed by atoms with Gasteiger partial charge in [-0.2, -0.15) is 0 Å². The predicted molar refractivity (Wildman–Crippen MR) is 134 cm³/mol. The smallest absolute Gasteiger partial charge is 0.251 e. The van der Waals surface area contributed by atoms with Crippen molar-refractivity contribution < 1.29 is 13.6 Å². The molecule has 5 rings (SSSR count). The average molecular weight is 485 g/mol. The van der Waals surface area contributed by atoms with Crippen molar-refractivity contribution in [2.24, 2.45) is 0 Å². The van der Waals surface area contributed by atoms with E-state index in [4.69, 9.17) is 8.83 Å². The van der Waals surface area contributed by atoms with Crippen LogP contribution in [0, 0.1) is 6.92 Å². The number of aryl methyl sites for hydroxylation is 1. The van der Waals surface area contributed by atoms with Crippen molar-refractivity contribution in [3.8, 4) is 11.4 Å². The molecule has 2 aromatic carbocycles. The van der Waals surface area contributed by atoms with Crippen LogP contribution < -0.4 is 5.32 Å². The molecule has 1 amide bonds. The van der Waals surface area contributed by atoms with Crippen LogP contribution in [0.25, 0.3) is 11.4 Å². The topological polar surface area (TPSA) is 86.1 Å². The van der Waals surface area contributed by atoms with E-state index in [1.165, 1.54) is 0 Å². The predicted octanol–water partition coefficient (Wildman–Crippen LogP) is 5.71. The third-order valence-corrected chi connectivity index (χ3v) is 6.60. The van der Waals surface area contributed by atoms with E-state index in [2.05, 4.69) is 32.2 Å². The number of nitrogens with one attached hydrogen (secondary N) is 1. The lowest BCUT2D eigenvalue weighted by Gasteiger charge is -2.10. The van der Waals surface area contributed by atoms with Gasteiger partial charge in [0.1, 0.15) is 11.5 Å². The Morgan fingerprint density at radius 1 is 0.943 bits per heavy atom. The summed E-state index contributed by atoms with van der Waals surface area (Å²) in [6, 6.07) is 23.4. The van der Waals surface area contributed by atoms with Gasteiger partial charge in [0.2, 0.25) is 0 Å².